The average molecular weight is 446 g/mol. The average Bonchev–Trinajstić information content (AvgIpc) is 2.31. The quantitative estimate of drug-likeness (QED) is 0.180. The first kappa shape index (κ1) is 42.8. The molecule has 3 atom stereocenters. The molecule has 0 radical (unpaired) electrons. The first-order valence-corrected chi connectivity index (χ1v) is 7.71. The molecule has 0 saturated carbocycles. The van der Waals surface area contributed by atoms with Gasteiger partial charge in [0.1, 0.15) is 24.9 Å². The molecule has 128 valence electrons. The zero-order chi connectivity index (χ0) is 17.4. The van der Waals surface area contributed by atoms with E-state index in [1.807, 2.05) is 0 Å². The minimum absolute atomic E-state index is 0. The van der Waals surface area contributed by atoms with E-state index in [4.69, 9.17) is 25.5 Å². The number of hydrogen-bond donors (Lipinski definition) is 5. The summed E-state index contributed by atoms with van der Waals surface area (Å²) in [6.07, 6.45) is -5.22. The Morgan fingerprint density at radius 3 is 1.36 bits per heavy atom. The predicted octanol–water partition coefficient (Wildman–Crippen LogP) is -18.7. The van der Waals surface area contributed by atoms with Crippen LogP contribution in [0.2, 0.25) is 0 Å². The van der Waals surface area contributed by atoms with Crippen LogP contribution in [0.1, 0.15) is 0 Å². The van der Waals surface area contributed by atoms with Crippen LogP contribution in [-0.4, -0.2) is 62.8 Å². The molecule has 0 spiro atoms. The number of ketones is 1. The van der Waals surface area contributed by atoms with Gasteiger partial charge in [0.15, 0.2) is 5.78 Å². The summed E-state index contributed by atoms with van der Waals surface area (Å²) in [6.45, 7) is -1.69. The van der Waals surface area contributed by atoms with Gasteiger partial charge in [-0.1, -0.05) is 0 Å². The molecule has 0 rings (SSSR count). The number of hydrogen-bond acceptors (Lipinski definition) is 13. The number of aliphatic hydroxyl groups excluding tert-OH is 5. The topological polar surface area (TPSA) is 254 Å². The minimum atomic E-state index is -5.68. The number of Topliss-reactive ketones (excluding diaryl/α,β-unsaturated/α-hetero) is 1. The Hall–Kier alpha value is 3.73. The first-order chi connectivity index (χ1) is 9.25. The third kappa shape index (κ3) is 27.7. The van der Waals surface area contributed by atoms with Crippen molar-refractivity contribution in [1.82, 2.24) is 0 Å². The zero-order valence-electron chi connectivity index (χ0n) is 14.0. The van der Waals surface area contributed by atoms with E-state index >= 15 is 0 Å². The molecule has 0 unspecified atom stereocenters. The van der Waals surface area contributed by atoms with Crippen LogP contribution in [0.25, 0.3) is 0 Å². The molecule has 0 aliphatic carbocycles. The molecule has 0 saturated heterocycles. The van der Waals surface area contributed by atoms with Gasteiger partial charge in [0.25, 0.3) is 0 Å². The molecule has 0 bridgehead atoms. The summed E-state index contributed by atoms with van der Waals surface area (Å²) in [7, 11) is -11.4. The molecule has 0 aromatic carbocycles. The maximum Gasteiger partial charge on any atom is 1.00 e. The van der Waals surface area contributed by atoms with Crippen LogP contribution in [0, 0.1) is 0 Å². The van der Waals surface area contributed by atoms with E-state index < -0.39 is 53.0 Å². The molecular weight excluding hydrogens is 434 g/mol. The van der Waals surface area contributed by atoms with Gasteiger partial charge in [-0.25, -0.2) is 0 Å². The van der Waals surface area contributed by atoms with Gasteiger partial charge in [-0.2, -0.15) is 0 Å². The number of phosphoric acid groups is 2. The van der Waals surface area contributed by atoms with Crippen molar-refractivity contribution >= 4 is 21.4 Å². The zero-order valence-corrected chi connectivity index (χ0v) is 23.8. The molecule has 0 aromatic rings. The van der Waals surface area contributed by atoms with E-state index in [0.29, 0.717) is 0 Å². The summed E-state index contributed by atoms with van der Waals surface area (Å²) in [5.41, 5.74) is 0. The number of rotatable bonds is 7. The fraction of sp³-hybridized carbons (Fsp3) is 0.833. The SMILES string of the molecule is O=C(CO)[C@@H](O)[C@H](O)[C@H](O)CO.O=P([O-])([O-])OP(=O)([O-])[O-].[Na+].[Na+].[Na+].[Na+]. The van der Waals surface area contributed by atoms with Crippen molar-refractivity contribution in [3.05, 3.63) is 0 Å². The molecule has 19 heteroatoms. The van der Waals surface area contributed by atoms with Crippen molar-refractivity contribution in [3.63, 3.8) is 0 Å². The van der Waals surface area contributed by atoms with Crippen LogP contribution in [0.15, 0.2) is 0 Å². The van der Waals surface area contributed by atoms with Gasteiger partial charge >= 0.3 is 118 Å². The van der Waals surface area contributed by atoms with Gasteiger partial charge < -0.3 is 58.5 Å². The maximum atomic E-state index is 10.5. The minimum Gasteiger partial charge on any atom is -0.790 e. The van der Waals surface area contributed by atoms with Gasteiger partial charge in [-0.05, 0) is 0 Å². The Bertz CT molecular complexity index is 393. The second-order valence-electron chi connectivity index (χ2n) is 3.29. The van der Waals surface area contributed by atoms with E-state index in [1.165, 1.54) is 0 Å². The Morgan fingerprint density at radius 2 is 1.20 bits per heavy atom. The third-order valence-corrected chi connectivity index (χ3v) is 3.19. The van der Waals surface area contributed by atoms with Crippen molar-refractivity contribution in [2.24, 2.45) is 0 Å². The van der Waals surface area contributed by atoms with Crippen LogP contribution in [0.5, 0.6) is 0 Å². The van der Waals surface area contributed by atoms with E-state index in [0.717, 1.165) is 0 Å². The van der Waals surface area contributed by atoms with Crippen molar-refractivity contribution in [1.29, 1.82) is 0 Å². The van der Waals surface area contributed by atoms with Crippen molar-refractivity contribution in [2.75, 3.05) is 13.2 Å². The Labute approximate surface area is 231 Å². The van der Waals surface area contributed by atoms with Crippen LogP contribution < -0.4 is 138 Å². The summed E-state index contributed by atoms with van der Waals surface area (Å²) in [4.78, 5) is 47.8. The molecule has 0 aromatic heterocycles. The molecule has 13 nitrogen and oxygen atoms in total. The van der Waals surface area contributed by atoms with Crippen molar-refractivity contribution in [2.45, 2.75) is 18.3 Å². The molecule has 0 heterocycles. The summed E-state index contributed by atoms with van der Waals surface area (Å²) in [5.74, 6) is -1.00. The second-order valence-corrected chi connectivity index (χ2v) is 5.73. The molecule has 25 heavy (non-hydrogen) atoms. The smallest absolute Gasteiger partial charge is 0.790 e. The van der Waals surface area contributed by atoms with E-state index in [9.17, 15) is 33.5 Å². The van der Waals surface area contributed by atoms with Gasteiger partial charge in [0.05, 0.1) is 22.3 Å². The van der Waals surface area contributed by atoms with E-state index in [1.54, 1.807) is 0 Å². The second kappa shape index (κ2) is 21.0. The van der Waals surface area contributed by atoms with Crippen molar-refractivity contribution < 1.29 is 182 Å². The Kier molecular flexibility index (Phi) is 35.9. The van der Waals surface area contributed by atoms with Gasteiger partial charge in [0, 0.05) is 0 Å². The molecular formula is C6H12Na4O13P2. The molecule has 5 N–H and O–H groups in total. The summed E-state index contributed by atoms with van der Waals surface area (Å²) < 4.78 is 21.2. The number of aliphatic hydroxyl groups is 5. The van der Waals surface area contributed by atoms with E-state index in [2.05, 4.69) is 4.31 Å². The Balaban J connectivity index is -0.0000000639. The predicted molar refractivity (Wildman–Crippen MR) is 53.5 cm³/mol. The summed E-state index contributed by atoms with van der Waals surface area (Å²) in [6, 6.07) is 0. The van der Waals surface area contributed by atoms with Crippen molar-refractivity contribution in [3.8, 4) is 0 Å². The van der Waals surface area contributed by atoms with Crippen LogP contribution in [0.4, 0.5) is 0 Å². The summed E-state index contributed by atoms with van der Waals surface area (Å²) >= 11 is 0. The van der Waals surface area contributed by atoms with Gasteiger partial charge in [0.2, 0.25) is 0 Å². The maximum absolute atomic E-state index is 10.5. The van der Waals surface area contributed by atoms with Gasteiger partial charge in [-0.15, -0.1) is 0 Å². The van der Waals surface area contributed by atoms with Crippen LogP contribution >= 0.6 is 15.6 Å². The first-order valence-electron chi connectivity index (χ1n) is 4.79. The number of carbonyl (C=O) groups is 1. The molecule has 0 aliphatic rings. The Morgan fingerprint density at radius 1 is 0.880 bits per heavy atom. The standard InChI is InChI=1S/C6H12O6.4Na.H4O7P2/c7-1-3(9)5(11)6(12)4(10)2-8;;;;;1-8(2,3)7-9(4,5)6/h3,5-9,11-12H,1-2H2;;;;;(H2,1,2,3)(H2,4,5,6)/q;4*+1;/p-4/t3-,5-,6-;;;;;/m1...../s1. The van der Waals surface area contributed by atoms with Gasteiger partial charge in [-0.3, -0.25) is 4.79 Å². The number of carbonyl (C=O) groups excluding carboxylic acids is 1. The fourth-order valence-corrected chi connectivity index (χ4v) is 1.70. The van der Waals surface area contributed by atoms with Crippen LogP contribution in [0.3, 0.4) is 0 Å². The third-order valence-electron chi connectivity index (χ3n) is 1.59. The molecule has 0 amide bonds. The summed E-state index contributed by atoms with van der Waals surface area (Å²) in [5, 5.41) is 43.1. The van der Waals surface area contributed by atoms with Crippen LogP contribution in [-0.2, 0) is 18.2 Å². The normalized spacial score (nSPS) is 13.8. The largest absolute Gasteiger partial charge is 1.00 e. The fourth-order valence-electron chi connectivity index (χ4n) is 0.725. The van der Waals surface area contributed by atoms with E-state index in [-0.39, 0.29) is 118 Å². The molecule has 0 aliphatic heterocycles. The molecule has 0 fully saturated rings. The monoisotopic (exact) mass is 446 g/mol.